The van der Waals surface area contributed by atoms with E-state index in [1.807, 2.05) is 6.07 Å². The minimum absolute atomic E-state index is 0.0347. The smallest absolute Gasteiger partial charge is 0.310 e. The summed E-state index contributed by atoms with van der Waals surface area (Å²) in [5.74, 6) is 0.891. The number of fused-ring (bicyclic) bond motifs is 1. The predicted molar refractivity (Wildman–Crippen MR) is 82.3 cm³/mol. The van der Waals surface area contributed by atoms with E-state index >= 15 is 0 Å². The summed E-state index contributed by atoms with van der Waals surface area (Å²) in [6.07, 6.45) is 3.73. The lowest BCUT2D eigenvalue weighted by Gasteiger charge is -2.72. The molecule has 6 rings (SSSR count). The van der Waals surface area contributed by atoms with Gasteiger partial charge in [0.1, 0.15) is 17.6 Å². The molecule has 2 N–H and O–H groups in total. The Hall–Kier alpha value is -1.75. The third-order valence-corrected chi connectivity index (χ3v) is 7.45. The number of benzene rings is 1. The minimum Gasteiger partial charge on any atom is -0.508 e. The lowest BCUT2D eigenvalue weighted by Crippen LogP contribution is -2.75. The van der Waals surface area contributed by atoms with Gasteiger partial charge in [-0.25, -0.2) is 0 Å². The number of aromatic hydroxyl groups is 1. The average molecular weight is 328 g/mol. The van der Waals surface area contributed by atoms with Gasteiger partial charge in [0.15, 0.2) is 5.60 Å². The van der Waals surface area contributed by atoms with E-state index in [0.717, 1.165) is 31.2 Å². The van der Waals surface area contributed by atoms with E-state index in [4.69, 9.17) is 9.47 Å². The molecule has 2 spiro atoms. The van der Waals surface area contributed by atoms with Gasteiger partial charge in [-0.15, -0.1) is 0 Å². The molecule has 1 saturated heterocycles. The van der Waals surface area contributed by atoms with E-state index in [0.29, 0.717) is 12.2 Å². The molecule has 4 fully saturated rings. The fourth-order valence-electron chi connectivity index (χ4n) is 7.13. The van der Waals surface area contributed by atoms with Crippen molar-refractivity contribution in [2.75, 3.05) is 0 Å². The first kappa shape index (κ1) is 13.5. The Morgan fingerprint density at radius 2 is 2.12 bits per heavy atom. The number of rotatable bonds is 0. The van der Waals surface area contributed by atoms with Gasteiger partial charge in [-0.1, -0.05) is 6.42 Å². The number of carbonyl (C=O) groups is 1. The molecule has 0 bridgehead atoms. The van der Waals surface area contributed by atoms with E-state index in [-0.39, 0.29) is 41.0 Å². The number of aliphatic hydroxyl groups excluding tert-OH is 1. The molecule has 0 aromatic heterocycles. The third kappa shape index (κ3) is 1.23. The highest BCUT2D eigenvalue weighted by atomic mass is 16.6. The summed E-state index contributed by atoms with van der Waals surface area (Å²) < 4.78 is 12.3. The maximum atomic E-state index is 12.7. The van der Waals surface area contributed by atoms with Crippen molar-refractivity contribution in [3.63, 3.8) is 0 Å². The van der Waals surface area contributed by atoms with Gasteiger partial charge in [0.2, 0.25) is 0 Å². The molecule has 2 heterocycles. The molecule has 3 saturated carbocycles. The van der Waals surface area contributed by atoms with Crippen LogP contribution in [0.15, 0.2) is 18.2 Å². The zero-order valence-electron chi connectivity index (χ0n) is 13.3. The van der Waals surface area contributed by atoms with Gasteiger partial charge < -0.3 is 19.7 Å². The van der Waals surface area contributed by atoms with E-state index in [9.17, 15) is 15.0 Å². The second-order valence-corrected chi connectivity index (χ2v) is 8.33. The van der Waals surface area contributed by atoms with Crippen molar-refractivity contribution in [1.29, 1.82) is 0 Å². The topological polar surface area (TPSA) is 76.0 Å². The lowest BCUT2D eigenvalue weighted by atomic mass is 9.33. The van der Waals surface area contributed by atoms with Crippen LogP contribution in [0.1, 0.15) is 37.7 Å². The molecule has 7 unspecified atom stereocenters. The molecule has 24 heavy (non-hydrogen) atoms. The second-order valence-electron chi connectivity index (χ2n) is 8.33. The average Bonchev–Trinajstić information content (AvgIpc) is 2.79. The molecule has 3 aliphatic carbocycles. The quantitative estimate of drug-likeness (QED) is 0.713. The molecule has 1 aromatic carbocycles. The highest BCUT2D eigenvalue weighted by Crippen LogP contribution is 2.80. The van der Waals surface area contributed by atoms with Crippen LogP contribution < -0.4 is 4.74 Å². The Balaban J connectivity index is 1.62. The fraction of sp³-hybridized carbons (Fsp3) is 0.632. The molecule has 5 nitrogen and oxygen atoms in total. The summed E-state index contributed by atoms with van der Waals surface area (Å²) in [6, 6.07) is 5.13. The molecule has 0 amide bonds. The normalized spacial score (nSPS) is 49.9. The van der Waals surface area contributed by atoms with Crippen molar-refractivity contribution < 1.29 is 24.5 Å². The van der Waals surface area contributed by atoms with Gasteiger partial charge in [-0.2, -0.15) is 0 Å². The molecule has 1 aromatic rings. The number of hydrogen-bond acceptors (Lipinski definition) is 5. The minimum atomic E-state index is -0.603. The first-order valence-corrected chi connectivity index (χ1v) is 8.97. The van der Waals surface area contributed by atoms with Crippen molar-refractivity contribution in [1.82, 2.24) is 0 Å². The molecule has 0 radical (unpaired) electrons. The SMILES string of the molecule is O=C1OC23c4ccc(O)cc4OC4CC(O)CC5(CCCC1C52)C43. The van der Waals surface area contributed by atoms with E-state index in [1.165, 1.54) is 0 Å². The van der Waals surface area contributed by atoms with Crippen molar-refractivity contribution >= 4 is 5.97 Å². The van der Waals surface area contributed by atoms with Crippen LogP contribution in [-0.4, -0.2) is 28.4 Å². The van der Waals surface area contributed by atoms with Gasteiger partial charge in [0, 0.05) is 29.9 Å². The Kier molecular flexibility index (Phi) is 2.20. The summed E-state index contributed by atoms with van der Waals surface area (Å²) in [6.45, 7) is 0. The number of esters is 1. The lowest BCUT2D eigenvalue weighted by molar-refractivity contribution is -0.314. The van der Waals surface area contributed by atoms with E-state index in [1.54, 1.807) is 12.1 Å². The van der Waals surface area contributed by atoms with Gasteiger partial charge in [0.25, 0.3) is 0 Å². The number of hydrogen-bond donors (Lipinski definition) is 2. The Morgan fingerprint density at radius 3 is 3.00 bits per heavy atom. The van der Waals surface area contributed by atoms with Crippen LogP contribution in [0.5, 0.6) is 11.5 Å². The van der Waals surface area contributed by atoms with E-state index < -0.39 is 11.7 Å². The molecular weight excluding hydrogens is 308 g/mol. The van der Waals surface area contributed by atoms with Crippen molar-refractivity contribution in [3.8, 4) is 11.5 Å². The number of aliphatic hydroxyl groups is 1. The molecule has 126 valence electrons. The van der Waals surface area contributed by atoms with Crippen LogP contribution in [-0.2, 0) is 15.1 Å². The second kappa shape index (κ2) is 3.90. The van der Waals surface area contributed by atoms with Gasteiger partial charge in [0.05, 0.1) is 12.0 Å². The Bertz CT molecular complexity index is 775. The maximum absolute atomic E-state index is 12.7. The van der Waals surface area contributed by atoms with Crippen LogP contribution in [0.2, 0.25) is 0 Å². The number of carbonyl (C=O) groups excluding carboxylic acids is 1. The highest BCUT2D eigenvalue weighted by Gasteiger charge is 2.84. The number of phenols is 1. The molecule has 7 atom stereocenters. The maximum Gasteiger partial charge on any atom is 0.310 e. The van der Waals surface area contributed by atoms with Gasteiger partial charge in [-0.05, 0) is 36.8 Å². The number of phenolic OH excluding ortho intramolecular Hbond substituents is 1. The Labute approximate surface area is 139 Å². The first-order chi connectivity index (χ1) is 11.6. The molecular formula is C19H20O5. The third-order valence-electron chi connectivity index (χ3n) is 7.45. The van der Waals surface area contributed by atoms with Crippen molar-refractivity contribution in [2.45, 2.75) is 49.9 Å². The Morgan fingerprint density at radius 1 is 1.25 bits per heavy atom. The number of ether oxygens (including phenoxy) is 2. The van der Waals surface area contributed by atoms with Crippen LogP contribution >= 0.6 is 0 Å². The molecule has 5 aliphatic rings. The summed E-state index contributed by atoms with van der Waals surface area (Å²) in [5.41, 5.74) is 0.276. The fourth-order valence-corrected chi connectivity index (χ4v) is 7.13. The zero-order chi connectivity index (χ0) is 16.3. The van der Waals surface area contributed by atoms with Crippen molar-refractivity contribution in [3.05, 3.63) is 23.8 Å². The summed E-state index contributed by atoms with van der Waals surface area (Å²) in [5, 5.41) is 20.3. The monoisotopic (exact) mass is 328 g/mol. The molecule has 2 aliphatic heterocycles. The zero-order valence-corrected chi connectivity index (χ0v) is 13.3. The van der Waals surface area contributed by atoms with Crippen LogP contribution in [0.25, 0.3) is 0 Å². The van der Waals surface area contributed by atoms with Crippen LogP contribution in [0.3, 0.4) is 0 Å². The van der Waals surface area contributed by atoms with E-state index in [2.05, 4.69) is 0 Å². The first-order valence-electron chi connectivity index (χ1n) is 8.97. The van der Waals surface area contributed by atoms with Crippen LogP contribution in [0, 0.1) is 23.2 Å². The van der Waals surface area contributed by atoms with Gasteiger partial charge in [-0.3, -0.25) is 4.79 Å². The summed E-state index contributed by atoms with van der Waals surface area (Å²) in [4.78, 5) is 12.7. The molecule has 5 heteroatoms. The summed E-state index contributed by atoms with van der Waals surface area (Å²) >= 11 is 0. The largest absolute Gasteiger partial charge is 0.508 e. The standard InChI is InChI=1S/C19H20O5/c20-9-3-4-12-13(6-9)23-14-7-10(21)8-18-5-1-2-11-15(18)19(12,16(14)18)24-17(11)22/h3-4,6,10-11,14-16,20-21H,1-2,5,7-8H2. The van der Waals surface area contributed by atoms with Gasteiger partial charge >= 0.3 is 5.97 Å². The summed E-state index contributed by atoms with van der Waals surface area (Å²) in [7, 11) is 0. The van der Waals surface area contributed by atoms with Crippen molar-refractivity contribution in [2.24, 2.45) is 23.2 Å². The predicted octanol–water partition coefficient (Wildman–Crippen LogP) is 2.09. The van der Waals surface area contributed by atoms with Crippen LogP contribution in [0.4, 0.5) is 0 Å². The highest BCUT2D eigenvalue weighted by molar-refractivity contribution is 5.79.